The average molecular weight is 286 g/mol. The molecule has 0 atom stereocenters. The lowest BCUT2D eigenvalue weighted by molar-refractivity contribution is 0.0700. The van der Waals surface area contributed by atoms with Crippen LogP contribution in [0.1, 0.15) is 40.6 Å². The highest BCUT2D eigenvalue weighted by Crippen LogP contribution is 2.20. The molecule has 0 aliphatic heterocycles. The molecule has 0 saturated carbocycles. The van der Waals surface area contributed by atoms with E-state index in [0.29, 0.717) is 23.5 Å². The highest BCUT2D eigenvalue weighted by atomic mass is 32.1. The lowest BCUT2D eigenvalue weighted by atomic mass is 10.2. The molecule has 19 heavy (non-hydrogen) atoms. The molecule has 0 bridgehead atoms. The van der Waals surface area contributed by atoms with Crippen LogP contribution in [0.5, 0.6) is 0 Å². The number of aliphatic hydroxyl groups is 1. The molecule has 108 valence electrons. The minimum atomic E-state index is -0.880. The van der Waals surface area contributed by atoms with Crippen molar-refractivity contribution >= 4 is 17.3 Å². The molecule has 0 spiro atoms. The van der Waals surface area contributed by atoms with Crippen LogP contribution in [0.3, 0.4) is 0 Å². The third-order valence-corrected chi connectivity index (χ3v) is 4.07. The maximum absolute atomic E-state index is 11.1. The highest BCUT2D eigenvalue weighted by molar-refractivity contribution is 7.13. The Kier molecular flexibility index (Phi) is 6.97. The summed E-state index contributed by atoms with van der Waals surface area (Å²) in [6.07, 6.45) is 2.35. The van der Waals surface area contributed by atoms with E-state index in [-0.39, 0.29) is 6.61 Å². The predicted molar refractivity (Wildman–Crippen MR) is 76.0 cm³/mol. The van der Waals surface area contributed by atoms with Gasteiger partial charge in [0.05, 0.1) is 17.3 Å². The van der Waals surface area contributed by atoms with E-state index in [1.165, 1.54) is 11.3 Å². The quantitative estimate of drug-likeness (QED) is 0.722. The summed E-state index contributed by atoms with van der Waals surface area (Å²) < 4.78 is 0. The molecule has 6 heteroatoms. The van der Waals surface area contributed by atoms with Gasteiger partial charge in [0.15, 0.2) is 0 Å². The fourth-order valence-corrected chi connectivity index (χ4v) is 2.84. The first-order chi connectivity index (χ1) is 9.12. The summed E-state index contributed by atoms with van der Waals surface area (Å²) in [5.41, 5.74) is 0.709. The van der Waals surface area contributed by atoms with Crippen molar-refractivity contribution in [3.63, 3.8) is 0 Å². The standard InChI is InChI=1S/C13H22N2O3S/c1-3-5-10-12(13(17)18)19-11(14-10)6-7-15(4-2)8-9-16/h16H,3-9H2,1-2H3,(H,17,18). The molecule has 5 nitrogen and oxygen atoms in total. The number of aromatic nitrogens is 1. The van der Waals surface area contributed by atoms with E-state index in [1.54, 1.807) is 0 Å². The van der Waals surface area contributed by atoms with Crippen LogP contribution >= 0.6 is 11.3 Å². The Balaban J connectivity index is 2.68. The van der Waals surface area contributed by atoms with Gasteiger partial charge >= 0.3 is 5.97 Å². The Bertz CT molecular complexity index is 407. The van der Waals surface area contributed by atoms with Gasteiger partial charge in [-0.3, -0.25) is 0 Å². The molecule has 0 amide bonds. The molecule has 0 radical (unpaired) electrons. The Morgan fingerprint density at radius 3 is 2.58 bits per heavy atom. The Morgan fingerprint density at radius 1 is 1.32 bits per heavy atom. The number of thiazole rings is 1. The first-order valence-corrected chi connectivity index (χ1v) is 7.49. The molecule has 0 aliphatic carbocycles. The van der Waals surface area contributed by atoms with Gasteiger partial charge in [-0.1, -0.05) is 20.3 Å². The molecule has 0 fully saturated rings. The largest absolute Gasteiger partial charge is 0.477 e. The first-order valence-electron chi connectivity index (χ1n) is 6.67. The minimum Gasteiger partial charge on any atom is -0.477 e. The van der Waals surface area contributed by atoms with E-state index in [1.807, 2.05) is 13.8 Å². The zero-order valence-electron chi connectivity index (χ0n) is 11.6. The van der Waals surface area contributed by atoms with Crippen LogP contribution in [0.25, 0.3) is 0 Å². The van der Waals surface area contributed by atoms with Gasteiger partial charge in [-0.2, -0.15) is 0 Å². The van der Waals surface area contributed by atoms with Crippen molar-refractivity contribution in [2.75, 3.05) is 26.2 Å². The highest BCUT2D eigenvalue weighted by Gasteiger charge is 2.16. The molecular weight excluding hydrogens is 264 g/mol. The number of aliphatic hydroxyl groups excluding tert-OH is 1. The summed E-state index contributed by atoms with van der Waals surface area (Å²) in [6.45, 7) is 6.53. The third kappa shape index (κ3) is 4.89. The number of aromatic carboxylic acids is 1. The van der Waals surface area contributed by atoms with Gasteiger partial charge < -0.3 is 15.1 Å². The van der Waals surface area contributed by atoms with Crippen molar-refractivity contribution in [1.29, 1.82) is 0 Å². The lowest BCUT2D eigenvalue weighted by Crippen LogP contribution is -2.28. The molecule has 2 N–H and O–H groups in total. The molecule has 1 aromatic heterocycles. The zero-order valence-corrected chi connectivity index (χ0v) is 12.4. The van der Waals surface area contributed by atoms with Crippen LogP contribution < -0.4 is 0 Å². The van der Waals surface area contributed by atoms with Crippen molar-refractivity contribution < 1.29 is 15.0 Å². The van der Waals surface area contributed by atoms with Crippen LogP contribution in [0.15, 0.2) is 0 Å². The summed E-state index contributed by atoms with van der Waals surface area (Å²) >= 11 is 1.28. The van der Waals surface area contributed by atoms with E-state index in [4.69, 9.17) is 10.2 Å². The Labute approximate surface area is 117 Å². The number of likely N-dealkylation sites (N-methyl/N-ethyl adjacent to an activating group) is 1. The molecule has 0 saturated heterocycles. The number of carbonyl (C=O) groups is 1. The van der Waals surface area contributed by atoms with Gasteiger partial charge in [0.2, 0.25) is 0 Å². The van der Waals surface area contributed by atoms with Gasteiger partial charge in [-0.25, -0.2) is 9.78 Å². The summed E-state index contributed by atoms with van der Waals surface area (Å²) in [5, 5.41) is 18.9. The maximum atomic E-state index is 11.1. The van der Waals surface area contributed by atoms with Gasteiger partial charge in [0, 0.05) is 19.5 Å². The van der Waals surface area contributed by atoms with Gasteiger partial charge in [0.25, 0.3) is 0 Å². The lowest BCUT2D eigenvalue weighted by Gasteiger charge is -2.17. The molecule has 0 aliphatic rings. The second-order valence-electron chi connectivity index (χ2n) is 4.35. The summed E-state index contributed by atoms with van der Waals surface area (Å²) in [6, 6.07) is 0. The van der Waals surface area contributed by atoms with Crippen LogP contribution in [-0.4, -0.2) is 52.3 Å². The van der Waals surface area contributed by atoms with Crippen LogP contribution in [0.4, 0.5) is 0 Å². The van der Waals surface area contributed by atoms with E-state index in [0.717, 1.165) is 30.9 Å². The van der Waals surface area contributed by atoms with E-state index >= 15 is 0 Å². The van der Waals surface area contributed by atoms with Gasteiger partial charge in [-0.05, 0) is 13.0 Å². The Hall–Kier alpha value is -0.980. The summed E-state index contributed by atoms with van der Waals surface area (Å²) in [4.78, 5) is 18.1. The second-order valence-corrected chi connectivity index (χ2v) is 5.43. The topological polar surface area (TPSA) is 73.7 Å². The van der Waals surface area contributed by atoms with E-state index in [2.05, 4.69) is 9.88 Å². The molecule has 1 aromatic rings. The normalized spacial score (nSPS) is 11.2. The van der Waals surface area contributed by atoms with E-state index < -0.39 is 5.97 Å². The fraction of sp³-hybridized carbons (Fsp3) is 0.692. The fourth-order valence-electron chi connectivity index (χ4n) is 1.90. The number of carboxylic acids is 1. The van der Waals surface area contributed by atoms with Crippen LogP contribution in [0.2, 0.25) is 0 Å². The van der Waals surface area contributed by atoms with Crippen molar-refractivity contribution in [2.24, 2.45) is 0 Å². The summed E-state index contributed by atoms with van der Waals surface area (Å²) in [5.74, 6) is -0.880. The third-order valence-electron chi connectivity index (χ3n) is 2.93. The van der Waals surface area contributed by atoms with Crippen LogP contribution in [-0.2, 0) is 12.8 Å². The number of carboxylic acid groups (broad SMARTS) is 1. The molecule has 0 unspecified atom stereocenters. The number of aryl methyl sites for hydroxylation is 1. The smallest absolute Gasteiger partial charge is 0.347 e. The van der Waals surface area contributed by atoms with Crippen molar-refractivity contribution in [3.05, 3.63) is 15.6 Å². The summed E-state index contributed by atoms with van der Waals surface area (Å²) in [7, 11) is 0. The van der Waals surface area contributed by atoms with Crippen molar-refractivity contribution in [2.45, 2.75) is 33.1 Å². The van der Waals surface area contributed by atoms with Gasteiger partial charge in [0.1, 0.15) is 4.88 Å². The molecule has 0 aromatic carbocycles. The van der Waals surface area contributed by atoms with E-state index in [9.17, 15) is 4.79 Å². The zero-order chi connectivity index (χ0) is 14.3. The van der Waals surface area contributed by atoms with Crippen molar-refractivity contribution in [1.82, 2.24) is 9.88 Å². The second kappa shape index (κ2) is 8.24. The predicted octanol–water partition coefficient (Wildman–Crippen LogP) is 1.65. The average Bonchev–Trinajstić information content (AvgIpc) is 2.78. The van der Waals surface area contributed by atoms with Crippen molar-refractivity contribution in [3.8, 4) is 0 Å². The molecule has 1 heterocycles. The first kappa shape index (κ1) is 16.1. The number of nitrogens with zero attached hydrogens (tertiary/aromatic N) is 2. The monoisotopic (exact) mass is 286 g/mol. The maximum Gasteiger partial charge on any atom is 0.347 e. The SMILES string of the molecule is CCCc1nc(CCN(CC)CCO)sc1C(=O)O. The van der Waals surface area contributed by atoms with Gasteiger partial charge in [-0.15, -0.1) is 11.3 Å². The minimum absolute atomic E-state index is 0.146. The number of hydrogen-bond donors (Lipinski definition) is 2. The Morgan fingerprint density at radius 2 is 2.05 bits per heavy atom. The molecular formula is C13H22N2O3S. The van der Waals surface area contributed by atoms with Crippen LogP contribution in [0, 0.1) is 0 Å². The number of hydrogen-bond acceptors (Lipinski definition) is 5. The number of rotatable bonds is 9. The molecule has 1 rings (SSSR count).